The van der Waals surface area contributed by atoms with Crippen LogP contribution in [0, 0.1) is 0 Å². The van der Waals surface area contributed by atoms with Crippen LogP contribution >= 0.6 is 0 Å². The molecule has 0 aromatic heterocycles. The number of ether oxygens (including phenoxy) is 1. The van der Waals surface area contributed by atoms with E-state index in [1.54, 1.807) is 7.11 Å². The van der Waals surface area contributed by atoms with Crippen molar-refractivity contribution in [3.8, 4) is 0 Å². The number of nitrogens with one attached hydrogen (secondary N) is 1. The number of hydrogen-bond donors (Lipinski definition) is 1. The van der Waals surface area contributed by atoms with Crippen molar-refractivity contribution in [3.05, 3.63) is 12.2 Å². The van der Waals surface area contributed by atoms with E-state index >= 15 is 0 Å². The van der Waals surface area contributed by atoms with E-state index in [0.29, 0.717) is 18.2 Å². The van der Waals surface area contributed by atoms with Crippen molar-refractivity contribution in [1.29, 1.82) is 0 Å². The van der Waals surface area contributed by atoms with Crippen LogP contribution in [-0.2, 0) is 4.74 Å². The highest BCUT2D eigenvalue weighted by Gasteiger charge is 2.29. The van der Waals surface area contributed by atoms with E-state index in [-0.39, 0.29) is 0 Å². The molecule has 0 radical (unpaired) electrons. The highest BCUT2D eigenvalue weighted by atomic mass is 16.5. The molecule has 2 nitrogen and oxygen atoms in total. The Bertz CT molecular complexity index is 185. The third kappa shape index (κ3) is 2.32. The van der Waals surface area contributed by atoms with Crippen LogP contribution in [0.25, 0.3) is 0 Å². The lowest BCUT2D eigenvalue weighted by Crippen LogP contribution is -2.48. The summed E-state index contributed by atoms with van der Waals surface area (Å²) in [5.41, 5.74) is 0. The van der Waals surface area contributed by atoms with E-state index in [2.05, 4.69) is 17.5 Å². The topological polar surface area (TPSA) is 21.3 Å². The van der Waals surface area contributed by atoms with Crippen LogP contribution in [-0.4, -0.2) is 25.3 Å². The summed E-state index contributed by atoms with van der Waals surface area (Å²) in [5.74, 6) is 0. The van der Waals surface area contributed by atoms with Gasteiger partial charge in [0, 0.05) is 19.2 Å². The Morgan fingerprint density at radius 3 is 2.85 bits per heavy atom. The molecule has 0 amide bonds. The molecule has 0 saturated heterocycles. The maximum absolute atomic E-state index is 5.25. The normalized spacial score (nSPS) is 38.7. The minimum absolute atomic E-state index is 0.519. The average Bonchev–Trinajstić information content (AvgIpc) is 2.12. The third-order valence-electron chi connectivity index (χ3n) is 3.13. The van der Waals surface area contributed by atoms with Crippen LogP contribution in [0.4, 0.5) is 0 Å². The molecule has 0 bridgehead atoms. The van der Waals surface area contributed by atoms with E-state index in [9.17, 15) is 0 Å². The number of hydrogen-bond acceptors (Lipinski definition) is 2. The summed E-state index contributed by atoms with van der Waals surface area (Å²) in [5, 5.41) is 3.65. The molecule has 0 aromatic carbocycles. The summed E-state index contributed by atoms with van der Waals surface area (Å²) in [7, 11) is 1.81. The maximum atomic E-state index is 5.25. The Labute approximate surface area is 80.4 Å². The van der Waals surface area contributed by atoms with Crippen LogP contribution < -0.4 is 5.32 Å². The Kier molecular flexibility index (Phi) is 3.01. The van der Waals surface area contributed by atoms with Gasteiger partial charge in [-0.2, -0.15) is 0 Å². The van der Waals surface area contributed by atoms with Gasteiger partial charge < -0.3 is 10.1 Å². The summed E-state index contributed by atoms with van der Waals surface area (Å²) in [4.78, 5) is 0. The number of allylic oxidation sites excluding steroid dienone is 1. The maximum Gasteiger partial charge on any atom is 0.0601 e. The van der Waals surface area contributed by atoms with Crippen LogP contribution in [0.3, 0.4) is 0 Å². The zero-order valence-electron chi connectivity index (χ0n) is 8.33. The summed E-state index contributed by atoms with van der Waals surface area (Å²) >= 11 is 0. The number of methoxy groups -OCH3 is 1. The minimum atomic E-state index is 0.519. The molecule has 1 fully saturated rings. The second kappa shape index (κ2) is 4.25. The molecule has 2 heteroatoms. The molecule has 1 atom stereocenters. The molecule has 74 valence electrons. The Morgan fingerprint density at radius 2 is 2.23 bits per heavy atom. The zero-order chi connectivity index (χ0) is 9.10. The van der Waals surface area contributed by atoms with E-state index in [1.165, 1.54) is 32.1 Å². The quantitative estimate of drug-likeness (QED) is 0.671. The lowest BCUT2D eigenvalue weighted by molar-refractivity contribution is 0.0153. The standard InChI is InChI=1S/C11H19NO/c1-13-11-7-10(8-11)12-9-5-3-2-4-6-9/h3,5,9-12H,2,4,6-8H2,1H3. The Balaban J connectivity index is 1.68. The molecule has 1 N–H and O–H groups in total. The van der Waals surface area contributed by atoms with Crippen molar-refractivity contribution in [3.63, 3.8) is 0 Å². The van der Waals surface area contributed by atoms with Gasteiger partial charge in [0.25, 0.3) is 0 Å². The summed E-state index contributed by atoms with van der Waals surface area (Å²) in [6.45, 7) is 0. The summed E-state index contributed by atoms with van der Waals surface area (Å²) in [6.07, 6.45) is 11.5. The van der Waals surface area contributed by atoms with Crippen LogP contribution in [0.15, 0.2) is 12.2 Å². The highest BCUT2D eigenvalue weighted by molar-refractivity contribution is 5.00. The Morgan fingerprint density at radius 1 is 1.38 bits per heavy atom. The van der Waals surface area contributed by atoms with E-state index in [0.717, 1.165) is 0 Å². The summed E-state index contributed by atoms with van der Waals surface area (Å²) < 4.78 is 5.25. The summed E-state index contributed by atoms with van der Waals surface area (Å²) in [6, 6.07) is 1.34. The van der Waals surface area contributed by atoms with Gasteiger partial charge in [-0.1, -0.05) is 12.2 Å². The molecule has 13 heavy (non-hydrogen) atoms. The molecule has 0 heterocycles. The third-order valence-corrected chi connectivity index (χ3v) is 3.13. The van der Waals surface area contributed by atoms with Crippen molar-refractivity contribution in [1.82, 2.24) is 5.32 Å². The average molecular weight is 181 g/mol. The first-order valence-electron chi connectivity index (χ1n) is 5.34. The fourth-order valence-corrected chi connectivity index (χ4v) is 2.15. The molecule has 1 unspecified atom stereocenters. The molecule has 1 saturated carbocycles. The highest BCUT2D eigenvalue weighted by Crippen LogP contribution is 2.24. The van der Waals surface area contributed by atoms with Crippen molar-refractivity contribution in [2.45, 2.75) is 50.3 Å². The molecular weight excluding hydrogens is 162 g/mol. The van der Waals surface area contributed by atoms with Gasteiger partial charge in [-0.05, 0) is 32.1 Å². The first-order valence-corrected chi connectivity index (χ1v) is 5.34. The van der Waals surface area contributed by atoms with E-state index in [4.69, 9.17) is 4.74 Å². The second-order valence-corrected chi connectivity index (χ2v) is 4.16. The molecule has 0 aromatic rings. The number of rotatable bonds is 3. The van der Waals surface area contributed by atoms with Crippen molar-refractivity contribution >= 4 is 0 Å². The van der Waals surface area contributed by atoms with Gasteiger partial charge in [-0.25, -0.2) is 0 Å². The lowest BCUT2D eigenvalue weighted by atomic mass is 9.88. The SMILES string of the molecule is COC1CC(NC2C=CCCC2)C1. The Hall–Kier alpha value is -0.340. The minimum Gasteiger partial charge on any atom is -0.381 e. The van der Waals surface area contributed by atoms with Crippen molar-refractivity contribution in [2.24, 2.45) is 0 Å². The molecule has 0 spiro atoms. The molecule has 2 aliphatic rings. The van der Waals surface area contributed by atoms with Gasteiger partial charge in [-0.15, -0.1) is 0 Å². The smallest absolute Gasteiger partial charge is 0.0601 e. The van der Waals surface area contributed by atoms with E-state index in [1.807, 2.05) is 0 Å². The second-order valence-electron chi connectivity index (χ2n) is 4.16. The molecular formula is C11H19NO. The van der Waals surface area contributed by atoms with Crippen LogP contribution in [0.1, 0.15) is 32.1 Å². The van der Waals surface area contributed by atoms with Crippen LogP contribution in [0.2, 0.25) is 0 Å². The van der Waals surface area contributed by atoms with Gasteiger partial charge in [0.05, 0.1) is 6.10 Å². The lowest BCUT2D eigenvalue weighted by Gasteiger charge is -2.37. The molecule has 2 rings (SSSR count). The first-order chi connectivity index (χ1) is 6.38. The fraction of sp³-hybridized carbons (Fsp3) is 0.818. The molecule has 2 aliphatic carbocycles. The van der Waals surface area contributed by atoms with E-state index < -0.39 is 0 Å². The van der Waals surface area contributed by atoms with Gasteiger partial charge in [0.1, 0.15) is 0 Å². The molecule has 0 aliphatic heterocycles. The first kappa shape index (κ1) is 9.22. The van der Waals surface area contributed by atoms with Gasteiger partial charge >= 0.3 is 0 Å². The fourth-order valence-electron chi connectivity index (χ4n) is 2.15. The largest absolute Gasteiger partial charge is 0.381 e. The van der Waals surface area contributed by atoms with Crippen molar-refractivity contribution < 1.29 is 4.74 Å². The monoisotopic (exact) mass is 181 g/mol. The van der Waals surface area contributed by atoms with Gasteiger partial charge in [0.15, 0.2) is 0 Å². The van der Waals surface area contributed by atoms with Crippen LogP contribution in [0.5, 0.6) is 0 Å². The predicted octanol–water partition coefficient (Wildman–Crippen LogP) is 1.86. The van der Waals surface area contributed by atoms with Gasteiger partial charge in [-0.3, -0.25) is 0 Å². The van der Waals surface area contributed by atoms with Gasteiger partial charge in [0.2, 0.25) is 0 Å². The van der Waals surface area contributed by atoms with Crippen molar-refractivity contribution in [2.75, 3.05) is 7.11 Å². The zero-order valence-corrected chi connectivity index (χ0v) is 8.33. The predicted molar refractivity (Wildman–Crippen MR) is 53.7 cm³/mol.